The molecule has 0 aliphatic rings. The summed E-state index contributed by atoms with van der Waals surface area (Å²) in [6.07, 6.45) is -3.22. The van der Waals surface area contributed by atoms with Crippen molar-refractivity contribution >= 4 is 17.7 Å². The summed E-state index contributed by atoms with van der Waals surface area (Å²) in [4.78, 5) is 15.1. The molecular weight excluding hydrogens is 279 g/mol. The Morgan fingerprint density at radius 1 is 1.32 bits per heavy atom. The Morgan fingerprint density at radius 3 is 2.16 bits per heavy atom. The van der Waals surface area contributed by atoms with Crippen LogP contribution in [0.1, 0.15) is 42.4 Å². The molecule has 0 fully saturated rings. The van der Waals surface area contributed by atoms with Crippen molar-refractivity contribution in [2.45, 2.75) is 37.4 Å². The number of pyridine rings is 1. The van der Waals surface area contributed by atoms with Gasteiger partial charge in [0.2, 0.25) is 0 Å². The van der Waals surface area contributed by atoms with E-state index in [0.29, 0.717) is 0 Å². The van der Waals surface area contributed by atoms with Gasteiger partial charge in [-0.15, -0.1) is 11.8 Å². The molecule has 0 unspecified atom stereocenters. The molecule has 0 bridgehead atoms. The maximum Gasteiger partial charge on any atom is 0.417 e. The molecular formula is C12H14F3NO2S. The van der Waals surface area contributed by atoms with Crippen LogP contribution in [0.3, 0.4) is 0 Å². The maximum absolute atomic E-state index is 13.0. The number of rotatable bonds is 2. The predicted molar refractivity (Wildman–Crippen MR) is 66.7 cm³/mol. The summed E-state index contributed by atoms with van der Waals surface area (Å²) < 4.78 is 39.0. The van der Waals surface area contributed by atoms with E-state index in [0.717, 1.165) is 17.8 Å². The van der Waals surface area contributed by atoms with E-state index >= 15 is 0 Å². The van der Waals surface area contributed by atoms with E-state index in [1.165, 1.54) is 6.26 Å². The normalized spacial score (nSPS) is 12.6. The Labute approximate surface area is 113 Å². The zero-order valence-electron chi connectivity index (χ0n) is 10.9. The number of alkyl halides is 3. The van der Waals surface area contributed by atoms with Crippen LogP contribution in [-0.2, 0) is 11.6 Å². The van der Waals surface area contributed by atoms with Gasteiger partial charge in [-0.05, 0) is 12.3 Å². The number of aromatic nitrogens is 1. The molecule has 0 saturated carbocycles. The number of carbonyl (C=O) groups is 1. The Hall–Kier alpha value is -1.24. The zero-order chi connectivity index (χ0) is 15.0. The van der Waals surface area contributed by atoms with E-state index in [1.807, 2.05) is 0 Å². The van der Waals surface area contributed by atoms with Crippen LogP contribution in [0.4, 0.5) is 13.2 Å². The average Bonchev–Trinajstić information content (AvgIpc) is 2.24. The zero-order valence-corrected chi connectivity index (χ0v) is 11.7. The van der Waals surface area contributed by atoms with E-state index in [4.69, 9.17) is 5.11 Å². The predicted octanol–water partition coefficient (Wildman–Crippen LogP) is 3.82. The lowest BCUT2D eigenvalue weighted by Crippen LogP contribution is -2.21. The van der Waals surface area contributed by atoms with Crippen molar-refractivity contribution in [3.63, 3.8) is 0 Å². The monoisotopic (exact) mass is 293 g/mol. The fourth-order valence-electron chi connectivity index (χ4n) is 1.48. The number of carboxylic acid groups (broad SMARTS) is 1. The van der Waals surface area contributed by atoms with E-state index in [9.17, 15) is 18.0 Å². The van der Waals surface area contributed by atoms with Crippen molar-refractivity contribution in [3.05, 3.63) is 22.9 Å². The van der Waals surface area contributed by atoms with E-state index < -0.39 is 28.7 Å². The van der Waals surface area contributed by atoms with Gasteiger partial charge < -0.3 is 5.11 Å². The average molecular weight is 293 g/mol. The van der Waals surface area contributed by atoms with Crippen LogP contribution in [-0.4, -0.2) is 22.3 Å². The topological polar surface area (TPSA) is 50.2 Å². The van der Waals surface area contributed by atoms with Crippen LogP contribution < -0.4 is 0 Å². The molecule has 0 radical (unpaired) electrons. The van der Waals surface area contributed by atoms with Crippen molar-refractivity contribution in [3.8, 4) is 0 Å². The lowest BCUT2D eigenvalue weighted by Gasteiger charge is -2.22. The second-order valence-electron chi connectivity index (χ2n) is 4.99. The van der Waals surface area contributed by atoms with E-state index in [-0.39, 0.29) is 10.7 Å². The molecule has 0 aliphatic carbocycles. The van der Waals surface area contributed by atoms with Crippen molar-refractivity contribution in [1.82, 2.24) is 4.98 Å². The van der Waals surface area contributed by atoms with Gasteiger partial charge in [-0.25, -0.2) is 9.78 Å². The number of thioether (sulfide) groups is 1. The minimum absolute atomic E-state index is 0.118. The highest BCUT2D eigenvalue weighted by Crippen LogP contribution is 2.37. The second-order valence-corrected chi connectivity index (χ2v) is 5.79. The van der Waals surface area contributed by atoms with Gasteiger partial charge in [-0.3, -0.25) is 0 Å². The Kier molecular flexibility index (Phi) is 4.19. The summed E-state index contributed by atoms with van der Waals surface area (Å²) in [5, 5.41) is 8.86. The molecule has 1 aromatic rings. The highest BCUT2D eigenvalue weighted by Gasteiger charge is 2.38. The molecule has 0 aliphatic heterocycles. The third kappa shape index (κ3) is 3.40. The molecule has 0 aromatic carbocycles. The molecule has 1 N–H and O–H groups in total. The van der Waals surface area contributed by atoms with Crippen LogP contribution in [0.15, 0.2) is 11.1 Å². The molecule has 1 rings (SSSR count). The van der Waals surface area contributed by atoms with Gasteiger partial charge in [0.15, 0.2) is 0 Å². The number of nitrogens with zero attached hydrogens (tertiary/aromatic N) is 1. The largest absolute Gasteiger partial charge is 0.478 e. The van der Waals surface area contributed by atoms with Crippen LogP contribution >= 0.6 is 11.8 Å². The summed E-state index contributed by atoms with van der Waals surface area (Å²) in [6.45, 7) is 5.17. The van der Waals surface area contributed by atoms with Crippen LogP contribution in [0.25, 0.3) is 0 Å². The smallest absolute Gasteiger partial charge is 0.417 e. The summed E-state index contributed by atoms with van der Waals surface area (Å²) in [6, 6.07) is 0.823. The highest BCUT2D eigenvalue weighted by atomic mass is 32.2. The number of halogens is 3. The van der Waals surface area contributed by atoms with Gasteiger partial charge in [0, 0.05) is 11.1 Å². The van der Waals surface area contributed by atoms with Gasteiger partial charge in [-0.2, -0.15) is 13.2 Å². The maximum atomic E-state index is 13.0. The third-order valence-electron chi connectivity index (χ3n) is 2.47. The molecule has 0 amide bonds. The van der Waals surface area contributed by atoms with Crippen molar-refractivity contribution < 1.29 is 23.1 Å². The molecule has 106 valence electrons. The molecule has 7 heteroatoms. The Morgan fingerprint density at radius 2 is 1.84 bits per heavy atom. The second kappa shape index (κ2) is 5.03. The van der Waals surface area contributed by atoms with E-state index in [2.05, 4.69) is 4.98 Å². The molecule has 1 aromatic heterocycles. The molecule has 19 heavy (non-hydrogen) atoms. The lowest BCUT2D eigenvalue weighted by molar-refractivity contribution is -0.138. The fourth-order valence-corrected chi connectivity index (χ4v) is 2.07. The Balaban J connectivity index is 3.70. The van der Waals surface area contributed by atoms with Gasteiger partial charge in [-0.1, -0.05) is 20.8 Å². The minimum Gasteiger partial charge on any atom is -0.478 e. The van der Waals surface area contributed by atoms with Crippen molar-refractivity contribution in [2.75, 3.05) is 6.26 Å². The Bertz CT molecular complexity index is 507. The fraction of sp³-hybridized carbons (Fsp3) is 0.500. The summed E-state index contributed by atoms with van der Waals surface area (Å²) in [7, 11) is 0. The first-order valence-corrected chi connectivity index (χ1v) is 6.61. The number of aromatic carboxylic acids is 1. The first kappa shape index (κ1) is 15.8. The van der Waals surface area contributed by atoms with E-state index in [1.54, 1.807) is 20.8 Å². The van der Waals surface area contributed by atoms with Gasteiger partial charge in [0.1, 0.15) is 10.6 Å². The summed E-state index contributed by atoms with van der Waals surface area (Å²) in [5.41, 5.74) is -2.31. The lowest BCUT2D eigenvalue weighted by atomic mass is 9.90. The van der Waals surface area contributed by atoms with Crippen molar-refractivity contribution in [1.29, 1.82) is 0 Å². The van der Waals surface area contributed by atoms with Gasteiger partial charge in [0.05, 0.1) is 5.56 Å². The quantitative estimate of drug-likeness (QED) is 0.842. The molecule has 0 atom stereocenters. The highest BCUT2D eigenvalue weighted by molar-refractivity contribution is 7.98. The molecule has 0 spiro atoms. The third-order valence-corrected chi connectivity index (χ3v) is 3.15. The molecule has 0 saturated heterocycles. The SMILES string of the molecule is CSc1nc(C(C)(C)C)cc(C(F)(F)F)c1C(=O)O. The summed E-state index contributed by atoms with van der Waals surface area (Å²) >= 11 is 0.892. The molecule has 3 nitrogen and oxygen atoms in total. The van der Waals surface area contributed by atoms with Crippen LogP contribution in [0, 0.1) is 0 Å². The minimum atomic E-state index is -4.72. The first-order chi connectivity index (χ1) is 8.48. The van der Waals surface area contributed by atoms with Gasteiger partial charge in [0.25, 0.3) is 0 Å². The van der Waals surface area contributed by atoms with Crippen molar-refractivity contribution in [2.24, 2.45) is 0 Å². The van der Waals surface area contributed by atoms with Gasteiger partial charge >= 0.3 is 12.1 Å². The first-order valence-electron chi connectivity index (χ1n) is 5.38. The summed E-state index contributed by atoms with van der Waals surface area (Å²) in [5.74, 6) is -1.62. The molecule has 1 heterocycles. The number of hydrogen-bond acceptors (Lipinski definition) is 3. The van der Waals surface area contributed by atoms with Crippen LogP contribution in [0.5, 0.6) is 0 Å². The standard InChI is InChI=1S/C12H14F3NO2S/c1-11(2,3)7-5-6(12(13,14)15)8(10(17)18)9(16-7)19-4/h5H,1-4H3,(H,17,18). The van der Waals surface area contributed by atoms with Crippen LogP contribution in [0.2, 0.25) is 0 Å². The number of hydrogen-bond donors (Lipinski definition) is 1. The number of carboxylic acids is 1.